The minimum Gasteiger partial charge on any atom is -0.444 e. The van der Waals surface area contributed by atoms with Crippen LogP contribution >= 0.6 is 0 Å². The quantitative estimate of drug-likeness (QED) is 0.703. The molecule has 1 N–H and O–H groups in total. The number of ether oxygens (including phenoxy) is 1. The molecular weight excluding hydrogens is 178 g/mol. The molecule has 2 atom stereocenters. The van der Waals surface area contributed by atoms with Crippen LogP contribution in [0.2, 0.25) is 0 Å². The Balaban J connectivity index is 2.33. The molecule has 1 aliphatic carbocycles. The number of hydrogen-bond acceptors (Lipinski definition) is 2. The van der Waals surface area contributed by atoms with Crippen LogP contribution in [-0.4, -0.2) is 17.7 Å². The third-order valence-electron chi connectivity index (χ3n) is 2.36. The van der Waals surface area contributed by atoms with Crippen molar-refractivity contribution in [2.45, 2.75) is 51.7 Å². The van der Waals surface area contributed by atoms with Crippen LogP contribution in [0.3, 0.4) is 0 Å². The van der Waals surface area contributed by atoms with Gasteiger partial charge in [0.2, 0.25) is 0 Å². The highest BCUT2D eigenvalue weighted by Crippen LogP contribution is 2.24. The highest BCUT2D eigenvalue weighted by atomic mass is 16.6. The van der Waals surface area contributed by atoms with E-state index in [0.29, 0.717) is 5.92 Å². The van der Waals surface area contributed by atoms with Gasteiger partial charge in [-0.2, -0.15) is 0 Å². The van der Waals surface area contributed by atoms with E-state index in [1.165, 1.54) is 0 Å². The van der Waals surface area contributed by atoms with Gasteiger partial charge in [0.25, 0.3) is 0 Å². The fourth-order valence-electron chi connectivity index (χ4n) is 1.69. The number of nitrogens with one attached hydrogen (secondary N) is 1. The van der Waals surface area contributed by atoms with Gasteiger partial charge in [0, 0.05) is 6.04 Å². The maximum Gasteiger partial charge on any atom is 0.407 e. The first-order valence-corrected chi connectivity index (χ1v) is 5.21. The fourth-order valence-corrected chi connectivity index (χ4v) is 1.69. The van der Waals surface area contributed by atoms with Gasteiger partial charge in [0.05, 0.1) is 0 Å². The molecule has 1 radical (unpaired) electrons. The Bertz CT molecular complexity index is 208. The third kappa shape index (κ3) is 3.56. The number of carbonyl (C=O) groups excluding carboxylic acids is 1. The van der Waals surface area contributed by atoms with E-state index in [2.05, 4.69) is 12.2 Å². The second-order valence-electron chi connectivity index (χ2n) is 4.94. The summed E-state index contributed by atoms with van der Waals surface area (Å²) < 4.78 is 5.17. The van der Waals surface area contributed by atoms with E-state index in [1.54, 1.807) is 0 Å². The van der Waals surface area contributed by atoms with Crippen molar-refractivity contribution in [3.8, 4) is 0 Å². The summed E-state index contributed by atoms with van der Waals surface area (Å²) in [6.07, 6.45) is 2.95. The summed E-state index contributed by atoms with van der Waals surface area (Å²) in [5.74, 6) is 0.336. The molecule has 0 aromatic heterocycles. The second kappa shape index (κ2) is 4.20. The van der Waals surface area contributed by atoms with E-state index in [0.717, 1.165) is 19.3 Å². The second-order valence-corrected chi connectivity index (χ2v) is 4.94. The average Bonchev–Trinajstić information content (AvgIpc) is 2.32. The molecular formula is C11H20NO2. The summed E-state index contributed by atoms with van der Waals surface area (Å²) in [6.45, 7) is 9.59. The van der Waals surface area contributed by atoms with Crippen LogP contribution in [0.4, 0.5) is 4.79 Å². The zero-order valence-electron chi connectivity index (χ0n) is 9.30. The highest BCUT2D eigenvalue weighted by Gasteiger charge is 2.26. The SMILES string of the molecule is [CH2][C@@H]1CCC[C@H]1NC(=O)OC(C)(C)C. The van der Waals surface area contributed by atoms with Gasteiger partial charge >= 0.3 is 6.09 Å². The minimum absolute atomic E-state index is 0.199. The van der Waals surface area contributed by atoms with Gasteiger partial charge in [-0.1, -0.05) is 6.42 Å². The molecule has 1 fully saturated rings. The zero-order chi connectivity index (χ0) is 10.8. The summed E-state index contributed by atoms with van der Waals surface area (Å²) in [4.78, 5) is 11.4. The van der Waals surface area contributed by atoms with Crippen molar-refractivity contribution < 1.29 is 9.53 Å². The Morgan fingerprint density at radius 2 is 2.07 bits per heavy atom. The molecule has 0 aromatic carbocycles. The lowest BCUT2D eigenvalue weighted by Gasteiger charge is -2.23. The molecule has 0 saturated heterocycles. The summed E-state index contributed by atoms with van der Waals surface area (Å²) >= 11 is 0. The molecule has 1 rings (SSSR count). The predicted molar refractivity (Wildman–Crippen MR) is 55.9 cm³/mol. The maximum atomic E-state index is 11.4. The van der Waals surface area contributed by atoms with E-state index in [9.17, 15) is 4.79 Å². The monoisotopic (exact) mass is 198 g/mol. The van der Waals surface area contributed by atoms with Crippen LogP contribution in [0.5, 0.6) is 0 Å². The Kier molecular flexibility index (Phi) is 3.40. The molecule has 3 heteroatoms. The highest BCUT2D eigenvalue weighted by molar-refractivity contribution is 5.68. The summed E-state index contributed by atoms with van der Waals surface area (Å²) in [5.41, 5.74) is -0.417. The van der Waals surface area contributed by atoms with Crippen molar-refractivity contribution in [3.63, 3.8) is 0 Å². The molecule has 0 heterocycles. The number of hydrogen-bond donors (Lipinski definition) is 1. The van der Waals surface area contributed by atoms with Crippen molar-refractivity contribution in [2.75, 3.05) is 0 Å². The molecule has 3 nitrogen and oxygen atoms in total. The molecule has 14 heavy (non-hydrogen) atoms. The van der Waals surface area contributed by atoms with Crippen LogP contribution in [0, 0.1) is 12.8 Å². The van der Waals surface area contributed by atoms with Gasteiger partial charge in [-0.3, -0.25) is 0 Å². The first kappa shape index (κ1) is 11.3. The Morgan fingerprint density at radius 3 is 2.50 bits per heavy atom. The van der Waals surface area contributed by atoms with E-state index in [-0.39, 0.29) is 12.1 Å². The normalized spacial score (nSPS) is 27.4. The van der Waals surface area contributed by atoms with Crippen LogP contribution in [0.25, 0.3) is 0 Å². The van der Waals surface area contributed by atoms with Gasteiger partial charge in [-0.25, -0.2) is 4.79 Å². The summed E-state index contributed by atoms with van der Waals surface area (Å²) in [7, 11) is 0. The number of carbonyl (C=O) groups is 1. The van der Waals surface area contributed by atoms with E-state index in [4.69, 9.17) is 4.74 Å². The lowest BCUT2D eigenvalue weighted by atomic mass is 10.1. The van der Waals surface area contributed by atoms with Crippen LogP contribution in [0.15, 0.2) is 0 Å². The van der Waals surface area contributed by atoms with Gasteiger partial charge in [-0.05, 0) is 46.5 Å². The maximum absolute atomic E-state index is 11.4. The third-order valence-corrected chi connectivity index (χ3v) is 2.36. The predicted octanol–water partition coefficient (Wildman–Crippen LogP) is 2.51. The summed E-state index contributed by atoms with van der Waals surface area (Å²) in [5, 5.41) is 2.86. The standard InChI is InChI=1S/C11H20NO2/c1-8-6-5-7-9(8)12-10(13)14-11(2,3)4/h8-9H,1,5-7H2,2-4H3,(H,12,13)/t8-,9-/m1/s1. The molecule has 0 aliphatic heterocycles. The van der Waals surface area contributed by atoms with Crippen molar-refractivity contribution >= 4 is 6.09 Å². The minimum atomic E-state index is -0.417. The van der Waals surface area contributed by atoms with Crippen LogP contribution in [-0.2, 0) is 4.74 Å². The molecule has 0 bridgehead atoms. The molecule has 0 spiro atoms. The molecule has 1 amide bonds. The van der Waals surface area contributed by atoms with Crippen molar-refractivity contribution in [1.82, 2.24) is 5.32 Å². The molecule has 0 aromatic rings. The first-order valence-electron chi connectivity index (χ1n) is 5.21. The van der Waals surface area contributed by atoms with Crippen molar-refractivity contribution in [3.05, 3.63) is 6.92 Å². The molecule has 81 valence electrons. The lowest BCUT2D eigenvalue weighted by molar-refractivity contribution is 0.0498. The number of amides is 1. The first-order chi connectivity index (χ1) is 6.38. The van der Waals surface area contributed by atoms with E-state index < -0.39 is 5.60 Å². The Labute approximate surface area is 86.2 Å². The Morgan fingerprint density at radius 1 is 1.43 bits per heavy atom. The largest absolute Gasteiger partial charge is 0.444 e. The van der Waals surface area contributed by atoms with Gasteiger partial charge in [-0.15, -0.1) is 0 Å². The Hall–Kier alpha value is -0.730. The number of alkyl carbamates (subject to hydrolysis) is 1. The van der Waals surface area contributed by atoms with Crippen molar-refractivity contribution in [1.29, 1.82) is 0 Å². The van der Waals surface area contributed by atoms with Gasteiger partial charge in [0.1, 0.15) is 5.60 Å². The zero-order valence-corrected chi connectivity index (χ0v) is 9.30. The van der Waals surface area contributed by atoms with E-state index >= 15 is 0 Å². The average molecular weight is 198 g/mol. The topological polar surface area (TPSA) is 38.3 Å². The molecule has 0 unspecified atom stereocenters. The van der Waals surface area contributed by atoms with Crippen molar-refractivity contribution in [2.24, 2.45) is 5.92 Å². The fraction of sp³-hybridized carbons (Fsp3) is 0.818. The summed E-state index contributed by atoms with van der Waals surface area (Å²) in [6, 6.07) is 0.199. The number of rotatable bonds is 1. The van der Waals surface area contributed by atoms with E-state index in [1.807, 2.05) is 20.8 Å². The van der Waals surface area contributed by atoms with Gasteiger partial charge < -0.3 is 10.1 Å². The molecule has 1 aliphatic rings. The van der Waals surface area contributed by atoms with Crippen LogP contribution in [0.1, 0.15) is 40.0 Å². The van der Waals surface area contributed by atoms with Crippen LogP contribution < -0.4 is 5.32 Å². The van der Waals surface area contributed by atoms with Gasteiger partial charge in [0.15, 0.2) is 0 Å². The molecule has 1 saturated carbocycles. The lowest BCUT2D eigenvalue weighted by Crippen LogP contribution is -2.40. The smallest absolute Gasteiger partial charge is 0.407 e.